The van der Waals surface area contributed by atoms with Gasteiger partial charge in [0.1, 0.15) is 11.5 Å². The van der Waals surface area contributed by atoms with Gasteiger partial charge in [0.05, 0.1) is 11.1 Å². The van der Waals surface area contributed by atoms with Crippen molar-refractivity contribution >= 4 is 11.9 Å². The summed E-state index contributed by atoms with van der Waals surface area (Å²) in [6.07, 6.45) is 0. The van der Waals surface area contributed by atoms with Crippen molar-refractivity contribution in [2.45, 2.75) is 0 Å². The molecule has 0 heterocycles. The summed E-state index contributed by atoms with van der Waals surface area (Å²) in [5, 5.41) is 0. The number of carbonyl (C=O) groups is 2. The van der Waals surface area contributed by atoms with Crippen molar-refractivity contribution in [3.8, 4) is 22.6 Å². The van der Waals surface area contributed by atoms with Gasteiger partial charge in [0.25, 0.3) is 0 Å². The molecule has 0 aliphatic heterocycles. The smallest absolute Gasteiger partial charge is 0.344 e. The zero-order chi connectivity index (χ0) is 20.8. The minimum Gasteiger partial charge on any atom is -0.423 e. The van der Waals surface area contributed by atoms with Crippen molar-refractivity contribution < 1.29 is 19.1 Å². The molecule has 4 nitrogen and oxygen atoms in total. The van der Waals surface area contributed by atoms with Crippen molar-refractivity contribution in [2.75, 3.05) is 0 Å². The SMILES string of the molecule is O=C(Oc1ccccc1)c1ccc(C(=O)Oc2ccccc2)c(-c2ccccc2)c1. The van der Waals surface area contributed by atoms with E-state index < -0.39 is 11.9 Å². The molecule has 0 aliphatic carbocycles. The summed E-state index contributed by atoms with van der Waals surface area (Å²) in [4.78, 5) is 25.5. The van der Waals surface area contributed by atoms with Gasteiger partial charge in [-0.05, 0) is 53.6 Å². The lowest BCUT2D eigenvalue weighted by Gasteiger charge is -2.12. The van der Waals surface area contributed by atoms with Crippen LogP contribution in [0.1, 0.15) is 20.7 Å². The minimum atomic E-state index is -0.499. The van der Waals surface area contributed by atoms with Crippen molar-refractivity contribution in [1.29, 1.82) is 0 Å². The van der Waals surface area contributed by atoms with Gasteiger partial charge in [-0.3, -0.25) is 0 Å². The van der Waals surface area contributed by atoms with Crippen molar-refractivity contribution in [2.24, 2.45) is 0 Å². The van der Waals surface area contributed by atoms with Crippen LogP contribution in [0.3, 0.4) is 0 Å². The van der Waals surface area contributed by atoms with Gasteiger partial charge in [0.2, 0.25) is 0 Å². The monoisotopic (exact) mass is 394 g/mol. The molecular formula is C26H18O4. The van der Waals surface area contributed by atoms with E-state index in [0.717, 1.165) is 5.56 Å². The highest BCUT2D eigenvalue weighted by atomic mass is 16.5. The van der Waals surface area contributed by atoms with Crippen molar-refractivity contribution in [3.63, 3.8) is 0 Å². The highest BCUT2D eigenvalue weighted by Gasteiger charge is 2.18. The molecule has 0 saturated heterocycles. The molecule has 4 aromatic rings. The first-order valence-corrected chi connectivity index (χ1v) is 9.44. The Morgan fingerprint density at radius 2 is 1.03 bits per heavy atom. The molecule has 0 N–H and O–H groups in total. The van der Waals surface area contributed by atoms with E-state index in [0.29, 0.717) is 28.2 Å². The topological polar surface area (TPSA) is 52.6 Å². The highest BCUT2D eigenvalue weighted by Crippen LogP contribution is 2.27. The Kier molecular flexibility index (Phi) is 5.67. The van der Waals surface area contributed by atoms with E-state index in [9.17, 15) is 9.59 Å². The molecule has 0 bridgehead atoms. The quantitative estimate of drug-likeness (QED) is 0.317. The summed E-state index contributed by atoms with van der Waals surface area (Å²) in [6, 6.07) is 31.9. The van der Waals surface area contributed by atoms with Gasteiger partial charge in [-0.15, -0.1) is 0 Å². The summed E-state index contributed by atoms with van der Waals surface area (Å²) in [6.45, 7) is 0. The van der Waals surface area contributed by atoms with Gasteiger partial charge in [0, 0.05) is 0 Å². The van der Waals surface area contributed by atoms with Crippen LogP contribution in [-0.2, 0) is 0 Å². The Balaban J connectivity index is 1.68. The molecule has 4 rings (SSSR count). The summed E-state index contributed by atoms with van der Waals surface area (Å²) in [5.41, 5.74) is 2.10. The molecule has 0 aromatic heterocycles. The Morgan fingerprint density at radius 3 is 1.60 bits per heavy atom. The predicted molar refractivity (Wildman–Crippen MR) is 115 cm³/mol. The maximum absolute atomic E-state index is 12.8. The lowest BCUT2D eigenvalue weighted by atomic mass is 9.97. The van der Waals surface area contributed by atoms with Crippen LogP contribution in [0.15, 0.2) is 109 Å². The second-order valence-corrected chi connectivity index (χ2v) is 6.53. The summed E-state index contributed by atoms with van der Waals surface area (Å²) in [5.74, 6) is -0.0882. The summed E-state index contributed by atoms with van der Waals surface area (Å²) < 4.78 is 10.9. The third-order valence-corrected chi connectivity index (χ3v) is 4.47. The van der Waals surface area contributed by atoms with E-state index in [1.165, 1.54) is 0 Å². The number of hydrogen-bond donors (Lipinski definition) is 0. The number of esters is 2. The van der Waals surface area contributed by atoms with Gasteiger partial charge in [-0.1, -0.05) is 66.7 Å². The van der Waals surface area contributed by atoms with Gasteiger partial charge in [-0.25, -0.2) is 9.59 Å². The first-order chi connectivity index (χ1) is 14.7. The van der Waals surface area contributed by atoms with E-state index in [1.807, 2.05) is 42.5 Å². The third kappa shape index (κ3) is 4.45. The molecule has 0 fully saturated rings. The zero-order valence-electron chi connectivity index (χ0n) is 16.0. The van der Waals surface area contributed by atoms with Gasteiger partial charge >= 0.3 is 11.9 Å². The number of benzene rings is 4. The molecular weight excluding hydrogens is 376 g/mol. The van der Waals surface area contributed by atoms with Crippen LogP contribution in [0, 0.1) is 0 Å². The predicted octanol–water partition coefficient (Wildman–Crippen LogP) is 5.79. The molecule has 30 heavy (non-hydrogen) atoms. The molecule has 4 aromatic carbocycles. The second-order valence-electron chi connectivity index (χ2n) is 6.53. The first-order valence-electron chi connectivity index (χ1n) is 9.44. The van der Waals surface area contributed by atoms with Crippen LogP contribution in [0.2, 0.25) is 0 Å². The molecule has 0 spiro atoms. The second kappa shape index (κ2) is 8.88. The van der Waals surface area contributed by atoms with E-state index in [1.54, 1.807) is 66.7 Å². The number of carbonyl (C=O) groups excluding carboxylic acids is 2. The normalized spacial score (nSPS) is 10.3. The summed E-state index contributed by atoms with van der Waals surface area (Å²) >= 11 is 0. The van der Waals surface area contributed by atoms with Crippen LogP contribution < -0.4 is 9.47 Å². The Morgan fingerprint density at radius 1 is 0.533 bits per heavy atom. The third-order valence-electron chi connectivity index (χ3n) is 4.47. The van der Waals surface area contributed by atoms with Crippen LogP contribution >= 0.6 is 0 Å². The highest BCUT2D eigenvalue weighted by molar-refractivity contribution is 6.01. The molecule has 146 valence electrons. The van der Waals surface area contributed by atoms with E-state index >= 15 is 0 Å². The molecule has 0 aliphatic rings. The number of hydrogen-bond acceptors (Lipinski definition) is 4. The zero-order valence-corrected chi connectivity index (χ0v) is 16.0. The van der Waals surface area contributed by atoms with Crippen molar-refractivity contribution in [3.05, 3.63) is 120 Å². The average Bonchev–Trinajstić information content (AvgIpc) is 2.80. The fourth-order valence-corrected chi connectivity index (χ4v) is 3.01. The van der Waals surface area contributed by atoms with Crippen LogP contribution in [0.25, 0.3) is 11.1 Å². The fourth-order valence-electron chi connectivity index (χ4n) is 3.01. The molecule has 0 atom stereocenters. The molecule has 0 saturated carbocycles. The fraction of sp³-hybridized carbons (Fsp3) is 0. The molecule has 0 amide bonds. The average molecular weight is 394 g/mol. The Labute approximate surface area is 174 Å². The van der Waals surface area contributed by atoms with Crippen LogP contribution in [0.5, 0.6) is 11.5 Å². The largest absolute Gasteiger partial charge is 0.423 e. The molecule has 0 radical (unpaired) electrons. The van der Waals surface area contributed by atoms with E-state index in [-0.39, 0.29) is 0 Å². The Hall–Kier alpha value is -4.18. The van der Waals surface area contributed by atoms with E-state index in [2.05, 4.69) is 0 Å². The van der Waals surface area contributed by atoms with Gasteiger partial charge in [0.15, 0.2) is 0 Å². The minimum absolute atomic E-state index is 0.342. The molecule has 4 heteroatoms. The van der Waals surface area contributed by atoms with Crippen LogP contribution in [-0.4, -0.2) is 11.9 Å². The standard InChI is InChI=1S/C26H18O4/c27-25(29-21-12-6-2-7-13-21)20-16-17-23(24(18-20)19-10-4-1-5-11-19)26(28)30-22-14-8-3-9-15-22/h1-18H. The van der Waals surface area contributed by atoms with Crippen LogP contribution in [0.4, 0.5) is 0 Å². The van der Waals surface area contributed by atoms with Gasteiger partial charge < -0.3 is 9.47 Å². The lowest BCUT2D eigenvalue weighted by molar-refractivity contribution is 0.0721. The number of ether oxygens (including phenoxy) is 2. The van der Waals surface area contributed by atoms with Crippen molar-refractivity contribution in [1.82, 2.24) is 0 Å². The lowest BCUT2D eigenvalue weighted by Crippen LogP contribution is -2.13. The molecule has 0 unspecified atom stereocenters. The Bertz CT molecular complexity index is 1150. The van der Waals surface area contributed by atoms with Gasteiger partial charge in [-0.2, -0.15) is 0 Å². The van der Waals surface area contributed by atoms with E-state index in [4.69, 9.17) is 9.47 Å². The number of rotatable bonds is 5. The summed E-state index contributed by atoms with van der Waals surface area (Å²) in [7, 11) is 0. The number of para-hydroxylation sites is 2. The first kappa shape index (κ1) is 19.2. The maximum Gasteiger partial charge on any atom is 0.344 e. The maximum atomic E-state index is 12.8.